The smallest absolute Gasteiger partial charge is 0.314 e. The monoisotopic (exact) mass is 388 g/mol. The Morgan fingerprint density at radius 1 is 1.04 bits per heavy atom. The van der Waals surface area contributed by atoms with E-state index in [1.807, 2.05) is 30.5 Å². The van der Waals surface area contributed by atoms with Crippen molar-refractivity contribution in [3.05, 3.63) is 59.9 Å². The van der Waals surface area contributed by atoms with Crippen molar-refractivity contribution in [1.82, 2.24) is 19.8 Å². The Bertz CT molecular complexity index is 942. The molecular weight excluding hydrogens is 365 g/mol. The molecule has 1 aromatic carbocycles. The standard InChI is InChI=1S/C21H23F3N4/c22-21(23,24)18-7-3-9-26-20(18)28-15-16(17-6-1-2-8-19(17)28)5-4-12-27-13-10-25-11-14-27/h1-3,6-9,15,25H,4-5,10-14H2. The molecule has 28 heavy (non-hydrogen) atoms. The van der Waals surface area contributed by atoms with Crippen molar-refractivity contribution < 1.29 is 13.2 Å². The molecular formula is C21H23F3N4. The Morgan fingerprint density at radius 3 is 2.61 bits per heavy atom. The number of alkyl halides is 3. The van der Waals surface area contributed by atoms with Gasteiger partial charge < -0.3 is 14.8 Å². The SMILES string of the molecule is FC(F)(F)c1cccnc1-n1cc(CCCN2CCNCC2)c2ccccc21. The van der Waals surface area contributed by atoms with Crippen molar-refractivity contribution in [1.29, 1.82) is 0 Å². The molecule has 3 aromatic rings. The van der Waals surface area contributed by atoms with Gasteiger partial charge in [0.1, 0.15) is 5.82 Å². The summed E-state index contributed by atoms with van der Waals surface area (Å²) in [5.74, 6) is -0.0699. The number of hydrogen-bond donors (Lipinski definition) is 1. The number of piperazine rings is 1. The van der Waals surface area contributed by atoms with Gasteiger partial charge in [-0.2, -0.15) is 13.2 Å². The van der Waals surface area contributed by atoms with Crippen LogP contribution in [-0.4, -0.2) is 47.2 Å². The first kappa shape index (κ1) is 19.0. The van der Waals surface area contributed by atoms with Gasteiger partial charge in [0.25, 0.3) is 0 Å². The van der Waals surface area contributed by atoms with E-state index in [1.54, 1.807) is 4.57 Å². The van der Waals surface area contributed by atoms with Crippen molar-refractivity contribution in [3.63, 3.8) is 0 Å². The van der Waals surface area contributed by atoms with E-state index >= 15 is 0 Å². The van der Waals surface area contributed by atoms with Crippen LogP contribution in [0.5, 0.6) is 0 Å². The van der Waals surface area contributed by atoms with Crippen LogP contribution in [0, 0.1) is 0 Å². The molecule has 2 aromatic heterocycles. The Labute approximate surface area is 162 Å². The lowest BCUT2D eigenvalue weighted by Gasteiger charge is -2.26. The Morgan fingerprint density at radius 2 is 1.82 bits per heavy atom. The highest BCUT2D eigenvalue weighted by Gasteiger charge is 2.35. The number of para-hydroxylation sites is 1. The van der Waals surface area contributed by atoms with Crippen LogP contribution in [0.25, 0.3) is 16.7 Å². The van der Waals surface area contributed by atoms with E-state index in [9.17, 15) is 13.2 Å². The van der Waals surface area contributed by atoms with E-state index in [2.05, 4.69) is 15.2 Å². The number of benzene rings is 1. The van der Waals surface area contributed by atoms with E-state index in [0.29, 0.717) is 0 Å². The third kappa shape index (κ3) is 3.91. The normalized spacial score (nSPS) is 16.0. The van der Waals surface area contributed by atoms with Crippen LogP contribution in [0.1, 0.15) is 17.5 Å². The zero-order valence-corrected chi connectivity index (χ0v) is 15.5. The third-order valence-corrected chi connectivity index (χ3v) is 5.24. The summed E-state index contributed by atoms with van der Waals surface area (Å²) in [5.41, 5.74) is 1.09. The molecule has 1 saturated heterocycles. The van der Waals surface area contributed by atoms with Gasteiger partial charge in [0.15, 0.2) is 0 Å². The number of rotatable bonds is 5. The topological polar surface area (TPSA) is 33.1 Å². The van der Waals surface area contributed by atoms with Crippen LogP contribution in [0.15, 0.2) is 48.8 Å². The minimum Gasteiger partial charge on any atom is -0.314 e. The van der Waals surface area contributed by atoms with Gasteiger partial charge in [0.2, 0.25) is 0 Å². The highest BCUT2D eigenvalue weighted by Crippen LogP contribution is 2.35. The first-order chi connectivity index (χ1) is 13.5. The van der Waals surface area contributed by atoms with E-state index in [4.69, 9.17) is 0 Å². The molecule has 0 unspecified atom stereocenters. The molecule has 148 valence electrons. The van der Waals surface area contributed by atoms with Crippen LogP contribution < -0.4 is 5.32 Å². The van der Waals surface area contributed by atoms with Gasteiger partial charge in [0.05, 0.1) is 11.1 Å². The molecule has 4 rings (SSSR count). The van der Waals surface area contributed by atoms with Crippen molar-refractivity contribution in [3.8, 4) is 5.82 Å². The first-order valence-corrected chi connectivity index (χ1v) is 9.58. The average molecular weight is 388 g/mol. The van der Waals surface area contributed by atoms with E-state index < -0.39 is 11.7 Å². The highest BCUT2D eigenvalue weighted by molar-refractivity contribution is 5.85. The van der Waals surface area contributed by atoms with E-state index in [1.165, 1.54) is 12.3 Å². The second-order valence-corrected chi connectivity index (χ2v) is 7.11. The zero-order chi connectivity index (χ0) is 19.6. The molecule has 1 fully saturated rings. The Kier molecular flexibility index (Phi) is 5.37. The van der Waals surface area contributed by atoms with Gasteiger partial charge in [-0.25, -0.2) is 4.98 Å². The highest BCUT2D eigenvalue weighted by atomic mass is 19.4. The number of pyridine rings is 1. The number of halogens is 3. The summed E-state index contributed by atoms with van der Waals surface area (Å²) in [6, 6.07) is 10.0. The molecule has 1 aliphatic rings. The minimum atomic E-state index is -4.45. The number of fused-ring (bicyclic) bond motifs is 1. The van der Waals surface area contributed by atoms with Gasteiger partial charge in [-0.05, 0) is 43.1 Å². The van der Waals surface area contributed by atoms with Gasteiger partial charge >= 0.3 is 6.18 Å². The van der Waals surface area contributed by atoms with Gasteiger partial charge in [-0.3, -0.25) is 0 Å². The molecule has 0 amide bonds. The first-order valence-electron chi connectivity index (χ1n) is 9.58. The van der Waals surface area contributed by atoms with Crippen LogP contribution in [0.4, 0.5) is 13.2 Å². The maximum absolute atomic E-state index is 13.5. The van der Waals surface area contributed by atoms with Crippen molar-refractivity contribution >= 4 is 10.9 Å². The number of nitrogens with one attached hydrogen (secondary N) is 1. The fourth-order valence-electron chi connectivity index (χ4n) is 3.86. The summed E-state index contributed by atoms with van der Waals surface area (Å²) >= 11 is 0. The maximum atomic E-state index is 13.5. The van der Waals surface area contributed by atoms with E-state index in [-0.39, 0.29) is 5.82 Å². The molecule has 0 saturated carbocycles. The zero-order valence-electron chi connectivity index (χ0n) is 15.5. The van der Waals surface area contributed by atoms with Gasteiger partial charge in [-0.1, -0.05) is 18.2 Å². The minimum absolute atomic E-state index is 0.0699. The largest absolute Gasteiger partial charge is 0.419 e. The average Bonchev–Trinajstić information content (AvgIpc) is 3.07. The molecule has 0 radical (unpaired) electrons. The van der Waals surface area contributed by atoms with Crippen LogP contribution in [-0.2, 0) is 12.6 Å². The third-order valence-electron chi connectivity index (χ3n) is 5.24. The quantitative estimate of drug-likeness (QED) is 0.720. The van der Waals surface area contributed by atoms with Crippen molar-refractivity contribution in [2.75, 3.05) is 32.7 Å². The lowest BCUT2D eigenvalue weighted by Crippen LogP contribution is -2.43. The summed E-state index contributed by atoms with van der Waals surface area (Å²) in [5, 5.41) is 4.33. The lowest BCUT2D eigenvalue weighted by atomic mass is 10.1. The predicted molar refractivity (Wildman–Crippen MR) is 104 cm³/mol. The summed E-state index contributed by atoms with van der Waals surface area (Å²) in [6.07, 6.45) is 0.578. The molecule has 1 aliphatic heterocycles. The Hall–Kier alpha value is -2.38. The molecule has 0 atom stereocenters. The second kappa shape index (κ2) is 7.93. The van der Waals surface area contributed by atoms with Crippen molar-refractivity contribution in [2.45, 2.75) is 19.0 Å². The predicted octanol–water partition coefficient (Wildman–Crippen LogP) is 3.88. The summed E-state index contributed by atoms with van der Waals surface area (Å²) in [6.45, 7) is 5.12. The molecule has 7 heteroatoms. The van der Waals surface area contributed by atoms with Crippen LogP contribution >= 0.6 is 0 Å². The number of aryl methyl sites for hydroxylation is 1. The number of nitrogens with zero attached hydrogens (tertiary/aromatic N) is 3. The molecule has 0 aliphatic carbocycles. The lowest BCUT2D eigenvalue weighted by molar-refractivity contribution is -0.137. The van der Waals surface area contributed by atoms with Gasteiger partial charge in [0, 0.05) is 44.0 Å². The molecule has 1 N–H and O–H groups in total. The molecule has 0 spiro atoms. The maximum Gasteiger partial charge on any atom is 0.419 e. The molecule has 4 nitrogen and oxygen atoms in total. The fourth-order valence-corrected chi connectivity index (χ4v) is 3.86. The summed E-state index contributed by atoms with van der Waals surface area (Å²) < 4.78 is 42.0. The number of aromatic nitrogens is 2. The summed E-state index contributed by atoms with van der Waals surface area (Å²) in [4.78, 5) is 6.49. The van der Waals surface area contributed by atoms with E-state index in [0.717, 1.165) is 68.1 Å². The van der Waals surface area contributed by atoms with Gasteiger partial charge in [-0.15, -0.1) is 0 Å². The molecule has 0 bridgehead atoms. The van der Waals surface area contributed by atoms with Crippen molar-refractivity contribution in [2.24, 2.45) is 0 Å². The Balaban J connectivity index is 1.64. The van der Waals surface area contributed by atoms with Crippen LogP contribution in [0.2, 0.25) is 0 Å². The number of hydrogen-bond acceptors (Lipinski definition) is 3. The van der Waals surface area contributed by atoms with Crippen LogP contribution in [0.3, 0.4) is 0 Å². The second-order valence-electron chi connectivity index (χ2n) is 7.11. The molecule has 3 heterocycles. The summed E-state index contributed by atoms with van der Waals surface area (Å²) in [7, 11) is 0. The fraction of sp³-hybridized carbons (Fsp3) is 0.381.